The molecule has 2 aromatic rings. The molecule has 0 spiro atoms. The molecular formula is C18H17F3N2O3S. The lowest BCUT2D eigenvalue weighted by molar-refractivity contribution is -0.136. The van der Waals surface area contributed by atoms with Crippen LogP contribution in [-0.4, -0.2) is 20.9 Å². The van der Waals surface area contributed by atoms with E-state index in [1.54, 1.807) is 11.8 Å². The van der Waals surface area contributed by atoms with Gasteiger partial charge in [-0.2, -0.15) is 13.2 Å². The molecule has 0 aromatic heterocycles. The van der Waals surface area contributed by atoms with Gasteiger partial charge in [0.1, 0.15) is 0 Å². The number of carbonyl (C=O) groups is 1. The second-order valence-corrected chi connectivity index (χ2v) is 7.93. The lowest BCUT2D eigenvalue weighted by Crippen LogP contribution is -2.24. The summed E-state index contributed by atoms with van der Waals surface area (Å²) in [5, 5.41) is 0. The summed E-state index contributed by atoms with van der Waals surface area (Å²) < 4.78 is 66.4. The van der Waals surface area contributed by atoms with Gasteiger partial charge in [-0.3, -0.25) is 9.52 Å². The highest BCUT2D eigenvalue weighted by molar-refractivity contribution is 7.92. The quantitative estimate of drug-likeness (QED) is 0.848. The highest BCUT2D eigenvalue weighted by Gasteiger charge is 2.34. The third kappa shape index (κ3) is 3.92. The minimum atomic E-state index is -4.69. The molecule has 3 rings (SSSR count). The van der Waals surface area contributed by atoms with Crippen LogP contribution in [0.2, 0.25) is 0 Å². The number of alkyl halides is 3. The van der Waals surface area contributed by atoms with Crippen molar-refractivity contribution in [1.82, 2.24) is 0 Å². The Kier molecular flexibility index (Phi) is 4.90. The fourth-order valence-electron chi connectivity index (χ4n) is 3.02. The van der Waals surface area contributed by atoms with E-state index < -0.39 is 27.5 Å². The van der Waals surface area contributed by atoms with Crippen LogP contribution in [0, 0.1) is 6.92 Å². The van der Waals surface area contributed by atoms with Crippen LogP contribution < -0.4 is 9.62 Å². The second-order valence-electron chi connectivity index (χ2n) is 6.25. The van der Waals surface area contributed by atoms with E-state index in [0.29, 0.717) is 24.2 Å². The number of carbonyl (C=O) groups excluding carboxylic acids is 1. The van der Waals surface area contributed by atoms with Crippen molar-refractivity contribution >= 4 is 27.3 Å². The van der Waals surface area contributed by atoms with E-state index in [0.717, 1.165) is 18.6 Å². The maximum Gasteiger partial charge on any atom is 0.418 e. The molecule has 0 unspecified atom stereocenters. The summed E-state index contributed by atoms with van der Waals surface area (Å²) >= 11 is 0. The van der Waals surface area contributed by atoms with E-state index in [-0.39, 0.29) is 10.8 Å². The van der Waals surface area contributed by atoms with Crippen LogP contribution in [0.4, 0.5) is 24.5 Å². The fourth-order valence-corrected chi connectivity index (χ4v) is 4.19. The molecule has 0 radical (unpaired) electrons. The minimum absolute atomic E-state index is 0.0362. The lowest BCUT2D eigenvalue weighted by atomic mass is 10.2. The van der Waals surface area contributed by atoms with Crippen LogP contribution >= 0.6 is 0 Å². The van der Waals surface area contributed by atoms with Gasteiger partial charge in [0, 0.05) is 18.7 Å². The Morgan fingerprint density at radius 2 is 1.81 bits per heavy atom. The van der Waals surface area contributed by atoms with Crippen molar-refractivity contribution in [1.29, 1.82) is 0 Å². The lowest BCUT2D eigenvalue weighted by Gasteiger charge is -2.19. The first-order chi connectivity index (χ1) is 12.6. The van der Waals surface area contributed by atoms with Gasteiger partial charge in [-0.15, -0.1) is 0 Å². The third-order valence-corrected chi connectivity index (χ3v) is 5.68. The monoisotopic (exact) mass is 398 g/mol. The number of hydrogen-bond donors (Lipinski definition) is 1. The normalized spacial score (nSPS) is 15.3. The van der Waals surface area contributed by atoms with Gasteiger partial charge in [-0.1, -0.05) is 12.1 Å². The number of halogens is 3. The molecular weight excluding hydrogens is 381 g/mol. The zero-order valence-corrected chi connectivity index (χ0v) is 15.2. The largest absolute Gasteiger partial charge is 0.418 e. The van der Waals surface area contributed by atoms with Gasteiger partial charge in [0.15, 0.2) is 0 Å². The minimum Gasteiger partial charge on any atom is -0.312 e. The van der Waals surface area contributed by atoms with Crippen LogP contribution in [0.25, 0.3) is 0 Å². The first-order valence-electron chi connectivity index (χ1n) is 8.20. The van der Waals surface area contributed by atoms with Crippen molar-refractivity contribution in [2.24, 2.45) is 0 Å². The average molecular weight is 398 g/mol. The zero-order valence-electron chi connectivity index (χ0n) is 14.4. The van der Waals surface area contributed by atoms with Crippen molar-refractivity contribution in [3.05, 3.63) is 53.6 Å². The van der Waals surface area contributed by atoms with Crippen LogP contribution in [0.5, 0.6) is 0 Å². The predicted octanol–water partition coefficient (Wildman–Crippen LogP) is 3.94. The Bertz CT molecular complexity index is 988. The first-order valence-corrected chi connectivity index (χ1v) is 9.68. The second kappa shape index (κ2) is 6.88. The van der Waals surface area contributed by atoms with Crippen molar-refractivity contribution in [3.63, 3.8) is 0 Å². The van der Waals surface area contributed by atoms with E-state index in [1.165, 1.54) is 30.3 Å². The number of benzene rings is 2. The third-order valence-electron chi connectivity index (χ3n) is 4.32. The Morgan fingerprint density at radius 3 is 2.41 bits per heavy atom. The standard InChI is InChI=1S/C18H17F3N2O3S/c1-12-11-13(8-9-16(12)23-10-4-7-17(23)24)27(25,26)22-15-6-3-2-5-14(15)18(19,20)21/h2-3,5-6,8-9,11,22H,4,7,10H2,1H3. The molecule has 1 aliphatic rings. The molecule has 0 aliphatic carbocycles. The first kappa shape index (κ1) is 19.2. The van der Waals surface area contributed by atoms with Crippen LogP contribution in [0.15, 0.2) is 47.4 Å². The van der Waals surface area contributed by atoms with Gasteiger partial charge in [0.25, 0.3) is 10.0 Å². The molecule has 1 N–H and O–H groups in total. The summed E-state index contributed by atoms with van der Waals surface area (Å²) in [6, 6.07) is 8.51. The SMILES string of the molecule is Cc1cc(S(=O)(=O)Nc2ccccc2C(F)(F)F)ccc1N1CCCC1=O. The number of sulfonamides is 1. The number of nitrogens with zero attached hydrogens (tertiary/aromatic N) is 1. The maximum atomic E-state index is 13.1. The molecule has 1 saturated heterocycles. The maximum absolute atomic E-state index is 13.1. The van der Waals surface area contributed by atoms with Gasteiger partial charge in [0.2, 0.25) is 5.91 Å². The van der Waals surface area contributed by atoms with Crippen LogP contribution in [0.3, 0.4) is 0 Å². The molecule has 1 aliphatic heterocycles. The van der Waals surface area contributed by atoms with Crippen LogP contribution in [-0.2, 0) is 21.0 Å². The smallest absolute Gasteiger partial charge is 0.312 e. The molecule has 27 heavy (non-hydrogen) atoms. The summed E-state index contributed by atoms with van der Waals surface area (Å²) in [6.45, 7) is 2.21. The summed E-state index contributed by atoms with van der Waals surface area (Å²) in [5.41, 5.74) is -0.449. The number of amides is 1. The Balaban J connectivity index is 1.93. The number of anilines is 2. The summed E-state index contributed by atoms with van der Waals surface area (Å²) in [4.78, 5) is 13.3. The fraction of sp³-hybridized carbons (Fsp3) is 0.278. The van der Waals surface area contributed by atoms with Gasteiger partial charge in [-0.25, -0.2) is 8.42 Å². The van der Waals surface area contributed by atoms with E-state index in [2.05, 4.69) is 0 Å². The number of hydrogen-bond acceptors (Lipinski definition) is 3. The predicted molar refractivity (Wildman–Crippen MR) is 95.0 cm³/mol. The molecule has 0 saturated carbocycles. The Hall–Kier alpha value is -2.55. The van der Waals surface area contributed by atoms with Gasteiger partial charge in [0.05, 0.1) is 16.1 Å². The van der Waals surface area contributed by atoms with E-state index in [9.17, 15) is 26.4 Å². The van der Waals surface area contributed by atoms with Crippen molar-refractivity contribution in [3.8, 4) is 0 Å². The number of aryl methyl sites for hydroxylation is 1. The topological polar surface area (TPSA) is 66.5 Å². The molecule has 0 bridgehead atoms. The molecule has 0 atom stereocenters. The average Bonchev–Trinajstić information content (AvgIpc) is 2.99. The molecule has 2 aromatic carbocycles. The summed E-state index contributed by atoms with van der Waals surface area (Å²) in [7, 11) is -4.23. The van der Waals surface area contributed by atoms with E-state index >= 15 is 0 Å². The molecule has 5 nitrogen and oxygen atoms in total. The number of rotatable bonds is 4. The molecule has 9 heteroatoms. The van der Waals surface area contributed by atoms with Crippen LogP contribution in [0.1, 0.15) is 24.0 Å². The number of nitrogens with one attached hydrogen (secondary N) is 1. The molecule has 1 amide bonds. The van der Waals surface area contributed by atoms with Gasteiger partial charge >= 0.3 is 6.18 Å². The number of para-hydroxylation sites is 1. The summed E-state index contributed by atoms with van der Waals surface area (Å²) in [5.74, 6) is -0.0362. The van der Waals surface area contributed by atoms with Crippen molar-refractivity contribution in [2.75, 3.05) is 16.2 Å². The summed E-state index contributed by atoms with van der Waals surface area (Å²) in [6.07, 6.45) is -3.52. The highest BCUT2D eigenvalue weighted by atomic mass is 32.2. The van der Waals surface area contributed by atoms with E-state index in [1.807, 2.05) is 4.72 Å². The Morgan fingerprint density at radius 1 is 1.11 bits per heavy atom. The van der Waals surface area contributed by atoms with Crippen molar-refractivity contribution < 1.29 is 26.4 Å². The van der Waals surface area contributed by atoms with Gasteiger partial charge < -0.3 is 4.90 Å². The highest BCUT2D eigenvalue weighted by Crippen LogP contribution is 2.36. The molecule has 1 heterocycles. The van der Waals surface area contributed by atoms with Gasteiger partial charge in [-0.05, 0) is 49.2 Å². The van der Waals surface area contributed by atoms with Crippen molar-refractivity contribution in [2.45, 2.75) is 30.8 Å². The molecule has 144 valence electrons. The van der Waals surface area contributed by atoms with E-state index in [4.69, 9.17) is 0 Å². The zero-order chi connectivity index (χ0) is 19.8. The molecule has 1 fully saturated rings. The Labute approximate surface area is 154 Å².